The van der Waals surface area contributed by atoms with Crippen LogP contribution < -0.4 is 0 Å². The zero-order valence-electron chi connectivity index (χ0n) is 15.8. The Kier molecular flexibility index (Phi) is 11.7. The molecule has 146 valence electrons. The van der Waals surface area contributed by atoms with Gasteiger partial charge in [0.15, 0.2) is 35.2 Å². The Balaban J connectivity index is 4.41. The van der Waals surface area contributed by atoms with Gasteiger partial charge < -0.3 is 15.3 Å². The second-order valence-corrected chi connectivity index (χ2v) is 6.85. The third kappa shape index (κ3) is 7.75. The van der Waals surface area contributed by atoms with Crippen molar-refractivity contribution < 1.29 is 29.7 Å². The van der Waals surface area contributed by atoms with Gasteiger partial charge in [-0.2, -0.15) is 0 Å². The van der Waals surface area contributed by atoms with E-state index in [4.69, 9.17) is 0 Å². The molecule has 0 aliphatic rings. The number of Topliss-reactive ketones (excluding diaryl/α,β-unsaturated/α-hetero) is 3. The molecule has 0 amide bonds. The van der Waals surface area contributed by atoms with Gasteiger partial charge in [0.05, 0.1) is 0 Å². The smallest absolute Gasteiger partial charge is 0.188 e. The van der Waals surface area contributed by atoms with Crippen molar-refractivity contribution >= 4 is 17.3 Å². The Morgan fingerprint density at radius 2 is 1.12 bits per heavy atom. The number of hydrogen-bond acceptors (Lipinski definition) is 6. The molecule has 0 saturated heterocycles. The van der Waals surface area contributed by atoms with Gasteiger partial charge >= 0.3 is 0 Å². The molecule has 0 saturated carbocycles. The van der Waals surface area contributed by atoms with Crippen LogP contribution in [0.2, 0.25) is 0 Å². The number of aliphatic hydroxyl groups excluding tert-OH is 2. The van der Waals surface area contributed by atoms with E-state index in [0.29, 0.717) is 6.42 Å². The number of aliphatic hydroxyl groups is 3. The summed E-state index contributed by atoms with van der Waals surface area (Å²) >= 11 is 0. The van der Waals surface area contributed by atoms with Crippen molar-refractivity contribution in [3.8, 4) is 0 Å². The van der Waals surface area contributed by atoms with Crippen LogP contribution in [-0.2, 0) is 14.4 Å². The highest BCUT2D eigenvalue weighted by molar-refractivity contribution is 6.00. The summed E-state index contributed by atoms with van der Waals surface area (Å²) in [5.74, 6) is -2.62. The van der Waals surface area contributed by atoms with E-state index in [9.17, 15) is 29.7 Å². The van der Waals surface area contributed by atoms with Gasteiger partial charge in [0.2, 0.25) is 0 Å². The van der Waals surface area contributed by atoms with E-state index in [1.165, 1.54) is 25.7 Å². The predicted octanol–water partition coefficient (Wildman–Crippen LogP) is 2.11. The minimum atomic E-state index is -2.77. The van der Waals surface area contributed by atoms with Gasteiger partial charge in [-0.15, -0.1) is 0 Å². The summed E-state index contributed by atoms with van der Waals surface area (Å²) in [4.78, 5) is 35.0. The molecule has 0 radical (unpaired) electrons. The van der Waals surface area contributed by atoms with E-state index in [0.717, 1.165) is 39.5 Å². The molecule has 0 aliphatic heterocycles. The largest absolute Gasteiger partial charge is 0.382 e. The fourth-order valence-corrected chi connectivity index (χ4v) is 2.87. The van der Waals surface area contributed by atoms with Crippen LogP contribution in [0.5, 0.6) is 0 Å². The van der Waals surface area contributed by atoms with E-state index >= 15 is 0 Å². The van der Waals surface area contributed by atoms with Crippen LogP contribution in [0.15, 0.2) is 0 Å². The first-order chi connectivity index (χ1) is 11.7. The lowest BCUT2D eigenvalue weighted by Gasteiger charge is -2.33. The van der Waals surface area contributed by atoms with E-state index in [-0.39, 0.29) is 6.42 Å². The first-order valence-electron chi connectivity index (χ1n) is 9.32. The highest BCUT2D eigenvalue weighted by Gasteiger charge is 2.52. The minimum Gasteiger partial charge on any atom is -0.382 e. The number of carbonyl (C=O) groups is 3. The van der Waals surface area contributed by atoms with Crippen molar-refractivity contribution in [2.75, 3.05) is 0 Å². The lowest BCUT2D eigenvalue weighted by Crippen LogP contribution is -2.62. The van der Waals surface area contributed by atoms with Crippen molar-refractivity contribution in [3.63, 3.8) is 0 Å². The molecule has 2 atom stereocenters. The van der Waals surface area contributed by atoms with Gasteiger partial charge in [-0.25, -0.2) is 0 Å². The average Bonchev–Trinajstić information content (AvgIpc) is 2.57. The highest BCUT2D eigenvalue weighted by atomic mass is 16.4. The molecule has 0 rings (SSSR count). The molecule has 0 fully saturated rings. The van der Waals surface area contributed by atoms with E-state index in [1.807, 2.05) is 0 Å². The number of ketones is 3. The zero-order chi connectivity index (χ0) is 19.5. The second kappa shape index (κ2) is 12.3. The normalized spacial score (nSPS) is 16.1. The molecule has 3 N–H and O–H groups in total. The van der Waals surface area contributed by atoms with Crippen molar-refractivity contribution in [1.82, 2.24) is 0 Å². The monoisotopic (exact) mass is 358 g/mol. The number of unbranched alkanes of at least 4 members (excludes halogenated alkanes) is 8. The van der Waals surface area contributed by atoms with Crippen molar-refractivity contribution in [3.05, 3.63) is 0 Å². The summed E-state index contributed by atoms with van der Waals surface area (Å²) < 4.78 is 0. The van der Waals surface area contributed by atoms with E-state index < -0.39 is 35.2 Å². The lowest BCUT2D eigenvalue weighted by atomic mass is 9.80. The Morgan fingerprint density at radius 1 is 0.760 bits per heavy atom. The van der Waals surface area contributed by atoms with Crippen LogP contribution >= 0.6 is 0 Å². The fourth-order valence-electron chi connectivity index (χ4n) is 2.87. The predicted molar refractivity (Wildman–Crippen MR) is 95.2 cm³/mol. The SMILES string of the molecule is CCCCCCCCCCCC(=O)C(O)(C(O)C(C)=O)C(O)C(C)=O. The molecule has 25 heavy (non-hydrogen) atoms. The molecule has 6 nitrogen and oxygen atoms in total. The zero-order valence-corrected chi connectivity index (χ0v) is 15.8. The molecule has 0 aromatic rings. The van der Waals surface area contributed by atoms with Gasteiger partial charge in [0.25, 0.3) is 0 Å². The molecule has 0 heterocycles. The summed E-state index contributed by atoms with van der Waals surface area (Å²) in [6.45, 7) is 4.16. The van der Waals surface area contributed by atoms with Crippen LogP contribution in [0, 0.1) is 0 Å². The van der Waals surface area contributed by atoms with Crippen LogP contribution in [0.3, 0.4) is 0 Å². The van der Waals surface area contributed by atoms with Crippen molar-refractivity contribution in [2.24, 2.45) is 0 Å². The Bertz CT molecular complexity index is 412. The van der Waals surface area contributed by atoms with Gasteiger partial charge in [-0.1, -0.05) is 58.3 Å². The Morgan fingerprint density at radius 3 is 1.48 bits per heavy atom. The fraction of sp³-hybridized carbons (Fsp3) is 0.842. The Hall–Kier alpha value is -1.11. The van der Waals surface area contributed by atoms with Crippen LogP contribution in [0.4, 0.5) is 0 Å². The molecule has 0 aromatic heterocycles. The van der Waals surface area contributed by atoms with Crippen molar-refractivity contribution in [2.45, 2.75) is 103 Å². The van der Waals surface area contributed by atoms with Crippen molar-refractivity contribution in [1.29, 1.82) is 0 Å². The third-order valence-corrected chi connectivity index (χ3v) is 4.56. The number of hydrogen-bond donors (Lipinski definition) is 3. The van der Waals surface area contributed by atoms with Crippen LogP contribution in [-0.4, -0.2) is 50.5 Å². The topological polar surface area (TPSA) is 112 Å². The summed E-state index contributed by atoms with van der Waals surface area (Å²) in [5.41, 5.74) is -2.77. The van der Waals surface area contributed by atoms with Gasteiger partial charge in [-0.3, -0.25) is 14.4 Å². The summed E-state index contributed by atoms with van der Waals surface area (Å²) in [7, 11) is 0. The van der Waals surface area contributed by atoms with Crippen LogP contribution in [0.1, 0.15) is 85.0 Å². The van der Waals surface area contributed by atoms with Gasteiger partial charge in [0.1, 0.15) is 0 Å². The summed E-state index contributed by atoms with van der Waals surface area (Å²) in [6.07, 6.45) is 5.05. The molecule has 0 spiro atoms. The molecule has 0 bridgehead atoms. The molecule has 0 aromatic carbocycles. The quantitative estimate of drug-likeness (QED) is 0.387. The van der Waals surface area contributed by atoms with E-state index in [1.54, 1.807) is 0 Å². The van der Waals surface area contributed by atoms with Gasteiger partial charge in [0, 0.05) is 6.42 Å². The Labute approximate surface area is 150 Å². The second-order valence-electron chi connectivity index (χ2n) is 6.85. The maximum Gasteiger partial charge on any atom is 0.188 e. The molecular formula is C19H34O6. The highest BCUT2D eigenvalue weighted by Crippen LogP contribution is 2.23. The summed E-state index contributed by atoms with van der Waals surface area (Å²) in [6, 6.07) is 0. The molecule has 0 aliphatic carbocycles. The minimum absolute atomic E-state index is 0.0962. The first kappa shape index (κ1) is 23.9. The number of rotatable bonds is 15. The maximum atomic E-state index is 12.3. The van der Waals surface area contributed by atoms with Gasteiger partial charge in [-0.05, 0) is 20.3 Å². The standard InChI is InChI=1S/C19H34O6/c1-4-5-6-7-8-9-10-11-12-13-16(22)19(25,17(23)14(2)20)18(24)15(3)21/h17-18,23-25H,4-13H2,1-3H3. The lowest BCUT2D eigenvalue weighted by molar-refractivity contribution is -0.180. The van der Waals surface area contributed by atoms with Crippen LogP contribution in [0.25, 0.3) is 0 Å². The van der Waals surface area contributed by atoms with E-state index in [2.05, 4.69) is 6.92 Å². The summed E-state index contributed by atoms with van der Waals surface area (Å²) in [5, 5.41) is 30.1. The molecule has 2 unspecified atom stereocenters. The third-order valence-electron chi connectivity index (χ3n) is 4.56. The molecule has 6 heteroatoms. The first-order valence-corrected chi connectivity index (χ1v) is 9.32. The maximum absolute atomic E-state index is 12.3. The molecular weight excluding hydrogens is 324 g/mol. The average molecular weight is 358 g/mol. The number of carbonyl (C=O) groups excluding carboxylic acids is 3.